The molecule has 2 aliphatic rings. The zero-order valence-electron chi connectivity index (χ0n) is 11.9. The van der Waals surface area contributed by atoms with Crippen LogP contribution in [-0.4, -0.2) is 48.3 Å². The van der Waals surface area contributed by atoms with E-state index in [1.165, 1.54) is 6.92 Å². The van der Waals surface area contributed by atoms with Crippen LogP contribution in [0.15, 0.2) is 0 Å². The summed E-state index contributed by atoms with van der Waals surface area (Å²) in [6.07, 6.45) is 4.09. The molecule has 3 atom stereocenters. The largest absolute Gasteiger partial charge is 0.394 e. The second kappa shape index (κ2) is 7.04. The molecule has 0 aromatic rings. The monoisotopic (exact) mass is 284 g/mol. The summed E-state index contributed by atoms with van der Waals surface area (Å²) >= 11 is 0. The van der Waals surface area contributed by atoms with Crippen molar-refractivity contribution in [1.82, 2.24) is 10.6 Å². The third-order valence-electron chi connectivity index (χ3n) is 3.90. The predicted molar refractivity (Wildman–Crippen MR) is 72.9 cm³/mol. The Morgan fingerprint density at radius 3 is 2.60 bits per heavy atom. The van der Waals surface area contributed by atoms with Crippen LogP contribution in [0.25, 0.3) is 0 Å². The van der Waals surface area contributed by atoms with E-state index < -0.39 is 0 Å². The van der Waals surface area contributed by atoms with E-state index in [2.05, 4.69) is 10.6 Å². The normalized spacial score (nSPS) is 29.8. The summed E-state index contributed by atoms with van der Waals surface area (Å²) in [5, 5.41) is 15.1. The highest BCUT2D eigenvalue weighted by atomic mass is 16.5. The number of nitrogens with one attached hydrogen (secondary N) is 2. The number of carbonyl (C=O) groups excluding carboxylic acids is 2. The first-order valence-electron chi connectivity index (χ1n) is 7.41. The van der Waals surface area contributed by atoms with Gasteiger partial charge in [-0.25, -0.2) is 0 Å². The van der Waals surface area contributed by atoms with E-state index in [0.29, 0.717) is 6.54 Å². The summed E-state index contributed by atoms with van der Waals surface area (Å²) in [7, 11) is 0. The second-order valence-electron chi connectivity index (χ2n) is 5.72. The van der Waals surface area contributed by atoms with Gasteiger partial charge in [0.15, 0.2) is 0 Å². The van der Waals surface area contributed by atoms with Crippen molar-refractivity contribution in [2.24, 2.45) is 5.92 Å². The molecule has 0 spiro atoms. The van der Waals surface area contributed by atoms with Gasteiger partial charge in [0.05, 0.1) is 18.8 Å². The summed E-state index contributed by atoms with van der Waals surface area (Å²) in [5.74, 6) is 0.277. The van der Waals surface area contributed by atoms with Gasteiger partial charge in [-0.15, -0.1) is 0 Å². The lowest BCUT2D eigenvalue weighted by Gasteiger charge is -2.36. The first-order chi connectivity index (χ1) is 9.60. The summed E-state index contributed by atoms with van der Waals surface area (Å²) in [5.41, 5.74) is 0. The maximum absolute atomic E-state index is 11.5. The Morgan fingerprint density at radius 2 is 2.00 bits per heavy atom. The molecule has 2 fully saturated rings. The minimum atomic E-state index is -0.350. The van der Waals surface area contributed by atoms with Crippen molar-refractivity contribution < 1.29 is 19.4 Å². The van der Waals surface area contributed by atoms with Gasteiger partial charge in [0.25, 0.3) is 0 Å². The van der Waals surface area contributed by atoms with Crippen molar-refractivity contribution in [2.75, 3.05) is 13.2 Å². The minimum Gasteiger partial charge on any atom is -0.394 e. The van der Waals surface area contributed by atoms with Crippen LogP contribution < -0.4 is 10.6 Å². The van der Waals surface area contributed by atoms with Gasteiger partial charge in [-0.2, -0.15) is 0 Å². The lowest BCUT2D eigenvalue weighted by Crippen LogP contribution is -2.50. The molecule has 3 N–H and O–H groups in total. The van der Waals surface area contributed by atoms with Gasteiger partial charge in [-0.05, 0) is 32.1 Å². The molecule has 6 nitrogen and oxygen atoms in total. The Hall–Kier alpha value is -1.14. The van der Waals surface area contributed by atoms with Crippen LogP contribution in [0.5, 0.6) is 0 Å². The van der Waals surface area contributed by atoms with E-state index in [4.69, 9.17) is 4.74 Å². The molecule has 0 bridgehead atoms. The molecule has 1 saturated heterocycles. The fourth-order valence-electron chi connectivity index (χ4n) is 2.62. The molecule has 20 heavy (non-hydrogen) atoms. The smallest absolute Gasteiger partial charge is 0.223 e. The molecule has 0 aromatic carbocycles. The highest BCUT2D eigenvalue weighted by Gasteiger charge is 2.32. The maximum Gasteiger partial charge on any atom is 0.223 e. The Kier molecular flexibility index (Phi) is 5.37. The quantitative estimate of drug-likeness (QED) is 0.638. The Labute approximate surface area is 119 Å². The highest BCUT2D eigenvalue weighted by molar-refractivity contribution is 5.80. The van der Waals surface area contributed by atoms with Crippen LogP contribution in [0, 0.1) is 5.92 Å². The standard InChI is InChI=1S/C14H24N2O4/c1-9(18)16-12-5-4-11(20-13(12)8-17)6-7-15-14(19)10-2-3-10/h10-13,17H,2-8H2,1H3,(H,15,19)(H,16,18)/t11-,12-,13+/m0/s1. The van der Waals surface area contributed by atoms with E-state index in [1.54, 1.807) is 0 Å². The molecule has 0 unspecified atom stereocenters. The van der Waals surface area contributed by atoms with Gasteiger partial charge in [0.1, 0.15) is 6.10 Å². The summed E-state index contributed by atoms with van der Waals surface area (Å²) in [6, 6.07) is -0.116. The van der Waals surface area contributed by atoms with Gasteiger partial charge >= 0.3 is 0 Å². The number of aliphatic hydroxyl groups excluding tert-OH is 1. The van der Waals surface area contributed by atoms with E-state index in [1.807, 2.05) is 0 Å². The molecule has 6 heteroatoms. The third kappa shape index (κ3) is 4.45. The maximum atomic E-state index is 11.5. The molecular weight excluding hydrogens is 260 g/mol. The number of ether oxygens (including phenoxy) is 1. The minimum absolute atomic E-state index is 0.0386. The molecule has 1 heterocycles. The fraction of sp³-hybridized carbons (Fsp3) is 0.857. The van der Waals surface area contributed by atoms with E-state index >= 15 is 0 Å². The van der Waals surface area contributed by atoms with Gasteiger partial charge in [0, 0.05) is 19.4 Å². The van der Waals surface area contributed by atoms with Crippen molar-refractivity contribution in [1.29, 1.82) is 0 Å². The topological polar surface area (TPSA) is 87.7 Å². The van der Waals surface area contributed by atoms with E-state index in [0.717, 1.165) is 32.1 Å². The first kappa shape index (κ1) is 15.3. The molecule has 1 aliphatic carbocycles. The van der Waals surface area contributed by atoms with Gasteiger partial charge in [-0.3, -0.25) is 9.59 Å². The summed E-state index contributed by atoms with van der Waals surface area (Å²) in [4.78, 5) is 22.6. The third-order valence-corrected chi connectivity index (χ3v) is 3.90. The average Bonchev–Trinajstić information content (AvgIpc) is 3.24. The second-order valence-corrected chi connectivity index (χ2v) is 5.72. The number of hydrogen-bond acceptors (Lipinski definition) is 4. The number of hydrogen-bond donors (Lipinski definition) is 3. The Bertz CT molecular complexity index is 357. The number of amides is 2. The molecular formula is C14H24N2O4. The molecule has 2 amide bonds. The van der Waals surface area contributed by atoms with Crippen LogP contribution in [0.4, 0.5) is 0 Å². The van der Waals surface area contributed by atoms with E-state index in [-0.39, 0.29) is 42.6 Å². The molecule has 1 aliphatic heterocycles. The highest BCUT2D eigenvalue weighted by Crippen LogP contribution is 2.28. The van der Waals surface area contributed by atoms with Crippen LogP contribution in [0.3, 0.4) is 0 Å². The molecule has 0 radical (unpaired) electrons. The zero-order valence-corrected chi connectivity index (χ0v) is 11.9. The van der Waals surface area contributed by atoms with Crippen molar-refractivity contribution in [3.8, 4) is 0 Å². The van der Waals surface area contributed by atoms with Crippen molar-refractivity contribution in [3.05, 3.63) is 0 Å². The van der Waals surface area contributed by atoms with Crippen LogP contribution in [-0.2, 0) is 14.3 Å². The van der Waals surface area contributed by atoms with Crippen molar-refractivity contribution in [3.63, 3.8) is 0 Å². The van der Waals surface area contributed by atoms with Gasteiger partial charge in [0.2, 0.25) is 11.8 Å². The average molecular weight is 284 g/mol. The van der Waals surface area contributed by atoms with Crippen molar-refractivity contribution in [2.45, 2.75) is 57.3 Å². The van der Waals surface area contributed by atoms with Crippen LogP contribution in [0.1, 0.15) is 39.0 Å². The summed E-state index contributed by atoms with van der Waals surface area (Å²) in [6.45, 7) is 1.98. The molecule has 114 valence electrons. The molecule has 1 saturated carbocycles. The lowest BCUT2D eigenvalue weighted by atomic mass is 9.97. The molecule has 0 aromatic heterocycles. The van der Waals surface area contributed by atoms with Gasteiger partial charge < -0.3 is 20.5 Å². The Balaban J connectivity index is 1.69. The Morgan fingerprint density at radius 1 is 1.25 bits per heavy atom. The van der Waals surface area contributed by atoms with E-state index in [9.17, 15) is 14.7 Å². The predicted octanol–water partition coefficient (Wildman–Crippen LogP) is -0.0527. The van der Waals surface area contributed by atoms with Crippen molar-refractivity contribution >= 4 is 11.8 Å². The number of rotatable bonds is 6. The van der Waals surface area contributed by atoms with Gasteiger partial charge in [-0.1, -0.05) is 0 Å². The van der Waals surface area contributed by atoms with Crippen LogP contribution in [0.2, 0.25) is 0 Å². The number of carbonyl (C=O) groups is 2. The summed E-state index contributed by atoms with van der Waals surface area (Å²) < 4.78 is 5.79. The molecule has 2 rings (SSSR count). The lowest BCUT2D eigenvalue weighted by molar-refractivity contribution is -0.127. The first-order valence-corrected chi connectivity index (χ1v) is 7.41. The zero-order chi connectivity index (χ0) is 14.5. The fourth-order valence-corrected chi connectivity index (χ4v) is 2.62. The SMILES string of the molecule is CC(=O)N[C@H]1CC[C@@H](CCNC(=O)C2CC2)O[C@@H]1CO. The van der Waals surface area contributed by atoms with Crippen LogP contribution >= 0.6 is 0 Å². The number of aliphatic hydroxyl groups is 1.